The van der Waals surface area contributed by atoms with Crippen LogP contribution in [0.15, 0.2) is 41.8 Å². The minimum absolute atomic E-state index is 0.224. The molecular formula is C18H26N8O. The number of hydrogen-bond donors (Lipinski definition) is 3. The minimum Gasteiger partial charge on any atom is -0.383 e. The second-order valence-corrected chi connectivity index (χ2v) is 6.59. The normalized spacial score (nSPS) is 14.3. The first-order chi connectivity index (χ1) is 13.0. The monoisotopic (exact) mass is 370 g/mol. The molecule has 0 aliphatic carbocycles. The van der Waals surface area contributed by atoms with Gasteiger partial charge < -0.3 is 15.7 Å². The lowest BCUT2D eigenvalue weighted by atomic mass is 10.0. The molecule has 3 aromatic rings. The van der Waals surface area contributed by atoms with Crippen molar-refractivity contribution in [2.75, 3.05) is 19.6 Å². The van der Waals surface area contributed by atoms with Crippen molar-refractivity contribution in [3.8, 4) is 0 Å². The molecule has 0 amide bonds. The minimum atomic E-state index is -1.08. The Kier molecular flexibility index (Phi) is 5.70. The van der Waals surface area contributed by atoms with E-state index in [1.807, 2.05) is 42.8 Å². The smallest absolute Gasteiger partial charge is 0.191 e. The number of fused-ring (bicyclic) bond motifs is 1. The van der Waals surface area contributed by atoms with E-state index in [2.05, 4.69) is 30.9 Å². The number of hydrogen-bond acceptors (Lipinski definition) is 5. The van der Waals surface area contributed by atoms with Crippen LogP contribution in [-0.4, -0.2) is 55.1 Å². The molecule has 0 aliphatic heterocycles. The van der Waals surface area contributed by atoms with Crippen molar-refractivity contribution >= 4 is 11.6 Å². The highest BCUT2D eigenvalue weighted by molar-refractivity contribution is 5.79. The van der Waals surface area contributed by atoms with Crippen LogP contribution in [-0.2, 0) is 19.1 Å². The van der Waals surface area contributed by atoms with E-state index in [0.717, 1.165) is 23.6 Å². The van der Waals surface area contributed by atoms with Gasteiger partial charge in [0.2, 0.25) is 0 Å². The van der Waals surface area contributed by atoms with E-state index in [1.165, 1.54) is 0 Å². The maximum absolute atomic E-state index is 10.7. The Morgan fingerprint density at radius 2 is 2.15 bits per heavy atom. The fourth-order valence-corrected chi connectivity index (χ4v) is 2.72. The van der Waals surface area contributed by atoms with E-state index in [4.69, 9.17) is 0 Å². The summed E-state index contributed by atoms with van der Waals surface area (Å²) in [5.41, 5.74) is 0.486. The van der Waals surface area contributed by atoms with Crippen LogP contribution < -0.4 is 10.6 Å². The largest absolute Gasteiger partial charge is 0.383 e. The maximum atomic E-state index is 10.7. The van der Waals surface area contributed by atoms with Gasteiger partial charge in [-0.05, 0) is 26.0 Å². The lowest BCUT2D eigenvalue weighted by molar-refractivity contribution is 0.0672. The molecule has 3 aromatic heterocycles. The summed E-state index contributed by atoms with van der Waals surface area (Å²) in [7, 11) is 1.82. The van der Waals surface area contributed by atoms with E-state index >= 15 is 0 Å². The van der Waals surface area contributed by atoms with E-state index in [1.54, 1.807) is 24.0 Å². The van der Waals surface area contributed by atoms with Gasteiger partial charge in [-0.15, -0.1) is 10.2 Å². The first-order valence-corrected chi connectivity index (χ1v) is 9.02. The van der Waals surface area contributed by atoms with Gasteiger partial charge in [0.05, 0.1) is 12.7 Å². The molecule has 144 valence electrons. The van der Waals surface area contributed by atoms with Gasteiger partial charge in [0, 0.05) is 44.5 Å². The number of aliphatic imine (C=N–C) groups is 1. The summed E-state index contributed by atoms with van der Waals surface area (Å²) in [5.74, 6) is 1.53. The highest BCUT2D eigenvalue weighted by Crippen LogP contribution is 2.19. The summed E-state index contributed by atoms with van der Waals surface area (Å²) >= 11 is 0. The van der Waals surface area contributed by atoms with Crippen molar-refractivity contribution in [2.45, 2.75) is 25.9 Å². The summed E-state index contributed by atoms with van der Waals surface area (Å²) in [5, 5.41) is 29.6. The van der Waals surface area contributed by atoms with Gasteiger partial charge in [0.25, 0.3) is 0 Å². The molecule has 0 aliphatic rings. The summed E-state index contributed by atoms with van der Waals surface area (Å²) in [4.78, 5) is 4.52. The molecule has 3 heterocycles. The van der Waals surface area contributed by atoms with Gasteiger partial charge in [-0.2, -0.15) is 5.10 Å². The van der Waals surface area contributed by atoms with Crippen LogP contribution >= 0.6 is 0 Å². The number of aliphatic hydroxyl groups is 1. The molecule has 9 nitrogen and oxygen atoms in total. The fraction of sp³-hybridized carbons (Fsp3) is 0.444. The van der Waals surface area contributed by atoms with Crippen LogP contribution in [0.2, 0.25) is 0 Å². The van der Waals surface area contributed by atoms with Gasteiger partial charge in [-0.3, -0.25) is 9.08 Å². The zero-order valence-electron chi connectivity index (χ0n) is 15.9. The second kappa shape index (κ2) is 8.17. The summed E-state index contributed by atoms with van der Waals surface area (Å²) in [6, 6.07) is 5.82. The standard InChI is InChI=1S/C18H26N8O/c1-4-19-17(21-13-18(2,27)14-11-22-25(3)12-14)20-9-8-16-24-23-15-7-5-6-10-26(15)16/h5-7,10-12,27H,4,8-9,13H2,1-3H3,(H2,19,20,21). The Hall–Kier alpha value is -2.94. The van der Waals surface area contributed by atoms with Gasteiger partial charge in [-0.25, -0.2) is 4.99 Å². The lowest BCUT2D eigenvalue weighted by Crippen LogP contribution is -2.39. The van der Waals surface area contributed by atoms with Crippen LogP contribution in [0.25, 0.3) is 5.65 Å². The fourth-order valence-electron chi connectivity index (χ4n) is 2.72. The third-order valence-electron chi connectivity index (χ3n) is 4.24. The molecular weight excluding hydrogens is 344 g/mol. The first kappa shape index (κ1) is 18.8. The number of rotatable bonds is 7. The van der Waals surface area contributed by atoms with Crippen molar-refractivity contribution in [1.29, 1.82) is 0 Å². The van der Waals surface area contributed by atoms with Crippen molar-refractivity contribution in [2.24, 2.45) is 12.0 Å². The molecule has 0 aromatic carbocycles. The second-order valence-electron chi connectivity index (χ2n) is 6.59. The number of guanidine groups is 1. The average Bonchev–Trinajstić information content (AvgIpc) is 3.27. The maximum Gasteiger partial charge on any atom is 0.191 e. The van der Waals surface area contributed by atoms with Crippen molar-refractivity contribution < 1.29 is 5.11 Å². The van der Waals surface area contributed by atoms with Gasteiger partial charge >= 0.3 is 0 Å². The number of pyridine rings is 1. The van der Waals surface area contributed by atoms with Gasteiger partial charge in [0.1, 0.15) is 11.4 Å². The Balaban J connectivity index is 1.60. The Bertz CT molecular complexity index is 911. The van der Waals surface area contributed by atoms with Crippen molar-refractivity contribution in [1.82, 2.24) is 35.0 Å². The van der Waals surface area contributed by atoms with E-state index in [-0.39, 0.29) is 6.54 Å². The van der Waals surface area contributed by atoms with Crippen LogP contribution in [0.5, 0.6) is 0 Å². The summed E-state index contributed by atoms with van der Waals surface area (Å²) in [6.45, 7) is 5.34. The predicted octanol–water partition coefficient (Wildman–Crippen LogP) is 0.468. The molecule has 3 rings (SSSR count). The Morgan fingerprint density at radius 1 is 1.30 bits per heavy atom. The summed E-state index contributed by atoms with van der Waals surface area (Å²) < 4.78 is 3.64. The number of aryl methyl sites for hydroxylation is 1. The van der Waals surface area contributed by atoms with Crippen LogP contribution in [0.4, 0.5) is 0 Å². The predicted molar refractivity (Wildman–Crippen MR) is 103 cm³/mol. The zero-order chi connectivity index (χ0) is 19.3. The third kappa shape index (κ3) is 4.62. The van der Waals surface area contributed by atoms with E-state index in [0.29, 0.717) is 18.9 Å². The SMILES string of the molecule is CCNC(=NCC(C)(O)c1cnn(C)c1)NCCc1nnc2ccccn12. The topological polar surface area (TPSA) is 105 Å². The molecule has 0 fully saturated rings. The summed E-state index contributed by atoms with van der Waals surface area (Å²) in [6.07, 6.45) is 6.11. The Labute approximate surface area is 158 Å². The zero-order valence-corrected chi connectivity index (χ0v) is 15.9. The highest BCUT2D eigenvalue weighted by Gasteiger charge is 2.24. The number of aromatic nitrogens is 5. The van der Waals surface area contributed by atoms with Crippen molar-refractivity contribution in [3.63, 3.8) is 0 Å². The molecule has 1 unspecified atom stereocenters. The highest BCUT2D eigenvalue weighted by atomic mass is 16.3. The number of nitrogens with one attached hydrogen (secondary N) is 2. The van der Waals surface area contributed by atoms with E-state index in [9.17, 15) is 5.11 Å². The van der Waals surface area contributed by atoms with E-state index < -0.39 is 5.60 Å². The van der Waals surface area contributed by atoms with Gasteiger partial charge in [0.15, 0.2) is 11.6 Å². The molecule has 27 heavy (non-hydrogen) atoms. The molecule has 0 saturated carbocycles. The average molecular weight is 370 g/mol. The molecule has 3 N–H and O–H groups in total. The third-order valence-corrected chi connectivity index (χ3v) is 4.24. The molecule has 9 heteroatoms. The van der Waals surface area contributed by atoms with Crippen LogP contribution in [0, 0.1) is 0 Å². The molecule has 0 radical (unpaired) electrons. The van der Waals surface area contributed by atoms with Crippen LogP contribution in [0.3, 0.4) is 0 Å². The molecule has 1 atom stereocenters. The first-order valence-electron chi connectivity index (χ1n) is 9.02. The molecule has 0 bridgehead atoms. The quantitative estimate of drug-likeness (QED) is 0.412. The lowest BCUT2D eigenvalue weighted by Gasteiger charge is -2.20. The molecule has 0 saturated heterocycles. The number of nitrogens with zero attached hydrogens (tertiary/aromatic N) is 6. The van der Waals surface area contributed by atoms with Gasteiger partial charge in [-0.1, -0.05) is 6.07 Å². The van der Waals surface area contributed by atoms with Crippen LogP contribution in [0.1, 0.15) is 25.2 Å². The van der Waals surface area contributed by atoms with Crippen molar-refractivity contribution in [3.05, 3.63) is 48.2 Å². The molecule has 0 spiro atoms. The Morgan fingerprint density at radius 3 is 2.89 bits per heavy atom.